The van der Waals surface area contributed by atoms with Crippen LogP contribution in [-0.2, 0) is 11.2 Å². The highest BCUT2D eigenvalue weighted by Crippen LogP contribution is 2.11. The van der Waals surface area contributed by atoms with Crippen LogP contribution in [0, 0.1) is 6.92 Å². The highest BCUT2D eigenvalue weighted by Gasteiger charge is 2.22. The van der Waals surface area contributed by atoms with Crippen molar-refractivity contribution in [2.24, 2.45) is 0 Å². The number of hydrogen-bond acceptors (Lipinski definition) is 2. The van der Waals surface area contributed by atoms with Gasteiger partial charge in [-0.25, -0.2) is 0 Å². The third-order valence-electron chi connectivity index (χ3n) is 4.18. The van der Waals surface area contributed by atoms with E-state index in [0.29, 0.717) is 18.0 Å². The molecule has 0 radical (unpaired) electrons. The van der Waals surface area contributed by atoms with E-state index in [4.69, 9.17) is 0 Å². The van der Waals surface area contributed by atoms with Gasteiger partial charge in [0.2, 0.25) is 5.91 Å². The van der Waals surface area contributed by atoms with E-state index in [1.807, 2.05) is 4.90 Å². The number of nitrogens with zero attached hydrogens (tertiary/aromatic N) is 1. The molecule has 3 heteroatoms. The molecule has 1 saturated heterocycles. The Kier molecular flexibility index (Phi) is 5.80. The fraction of sp³-hybridized carbons (Fsp3) is 0.611. The van der Waals surface area contributed by atoms with Gasteiger partial charge in [-0.3, -0.25) is 4.79 Å². The Morgan fingerprint density at radius 3 is 2.76 bits per heavy atom. The van der Waals surface area contributed by atoms with Crippen molar-refractivity contribution in [3.8, 4) is 0 Å². The first-order valence-electron chi connectivity index (χ1n) is 8.14. The number of benzene rings is 1. The van der Waals surface area contributed by atoms with Crippen LogP contribution in [0.1, 0.15) is 44.2 Å². The van der Waals surface area contributed by atoms with Gasteiger partial charge in [-0.15, -0.1) is 0 Å². The van der Waals surface area contributed by atoms with Gasteiger partial charge in [-0.2, -0.15) is 0 Å². The number of hydrogen-bond donors (Lipinski definition) is 1. The first-order valence-corrected chi connectivity index (χ1v) is 8.14. The second-order valence-corrected chi connectivity index (χ2v) is 6.44. The van der Waals surface area contributed by atoms with Crippen LogP contribution >= 0.6 is 0 Å². The largest absolute Gasteiger partial charge is 0.341 e. The molecule has 1 aliphatic heterocycles. The zero-order valence-corrected chi connectivity index (χ0v) is 13.6. The normalized spacial score (nSPS) is 18.0. The molecule has 0 aromatic heterocycles. The third kappa shape index (κ3) is 5.16. The molecule has 2 rings (SSSR count). The van der Waals surface area contributed by atoms with E-state index in [1.54, 1.807) is 0 Å². The number of carbonyl (C=O) groups is 1. The van der Waals surface area contributed by atoms with E-state index in [0.717, 1.165) is 38.8 Å². The molecule has 2 atom stereocenters. The van der Waals surface area contributed by atoms with Gasteiger partial charge in [-0.1, -0.05) is 29.8 Å². The summed E-state index contributed by atoms with van der Waals surface area (Å²) in [5.41, 5.74) is 2.74. The van der Waals surface area contributed by atoms with Crippen LogP contribution in [0.15, 0.2) is 24.3 Å². The summed E-state index contributed by atoms with van der Waals surface area (Å²) in [5, 5.41) is 3.62. The molecule has 1 amide bonds. The lowest BCUT2D eigenvalue weighted by Crippen LogP contribution is -2.43. The van der Waals surface area contributed by atoms with Crippen molar-refractivity contribution in [2.45, 2.75) is 58.5 Å². The number of aryl methyl sites for hydroxylation is 2. The molecule has 3 nitrogen and oxygen atoms in total. The van der Waals surface area contributed by atoms with Crippen LogP contribution in [0.25, 0.3) is 0 Å². The van der Waals surface area contributed by atoms with Crippen LogP contribution < -0.4 is 5.32 Å². The molecule has 0 aliphatic carbocycles. The minimum Gasteiger partial charge on any atom is -0.341 e. The first-order chi connectivity index (χ1) is 10.0. The Bertz CT molecular complexity index is 472. The van der Waals surface area contributed by atoms with Crippen LogP contribution in [0.2, 0.25) is 0 Å². The summed E-state index contributed by atoms with van der Waals surface area (Å²) in [6, 6.07) is 9.56. The van der Waals surface area contributed by atoms with Gasteiger partial charge in [-0.05, 0) is 45.6 Å². The minimum absolute atomic E-state index is 0.316. The van der Waals surface area contributed by atoms with E-state index >= 15 is 0 Å². The van der Waals surface area contributed by atoms with Crippen LogP contribution in [0.5, 0.6) is 0 Å². The van der Waals surface area contributed by atoms with Crippen molar-refractivity contribution in [3.63, 3.8) is 0 Å². The molecule has 1 N–H and O–H groups in total. The quantitative estimate of drug-likeness (QED) is 0.836. The van der Waals surface area contributed by atoms with Gasteiger partial charge in [0, 0.05) is 31.6 Å². The molecule has 1 aromatic carbocycles. The van der Waals surface area contributed by atoms with Gasteiger partial charge < -0.3 is 10.2 Å². The number of amides is 1. The molecular formula is C18H28N2O. The Hall–Kier alpha value is -1.35. The number of nitrogens with one attached hydrogen (secondary N) is 1. The maximum atomic E-state index is 11.6. The molecular weight excluding hydrogens is 260 g/mol. The van der Waals surface area contributed by atoms with Gasteiger partial charge in [0.25, 0.3) is 0 Å². The zero-order valence-electron chi connectivity index (χ0n) is 13.6. The lowest BCUT2D eigenvalue weighted by molar-refractivity contribution is -0.127. The summed E-state index contributed by atoms with van der Waals surface area (Å²) >= 11 is 0. The SMILES string of the molecule is Cc1cccc(CCC(C)NC(C)CN2CCCC2=O)c1. The maximum Gasteiger partial charge on any atom is 0.222 e. The molecule has 0 bridgehead atoms. The molecule has 1 fully saturated rings. The van der Waals surface area contributed by atoms with Crippen LogP contribution in [0.3, 0.4) is 0 Å². The molecule has 0 spiro atoms. The Morgan fingerprint density at radius 2 is 2.10 bits per heavy atom. The molecule has 116 valence electrons. The maximum absolute atomic E-state index is 11.6. The molecule has 1 aliphatic rings. The second kappa shape index (κ2) is 7.60. The summed E-state index contributed by atoms with van der Waals surface area (Å²) in [6.07, 6.45) is 3.98. The lowest BCUT2D eigenvalue weighted by Gasteiger charge is -2.25. The average molecular weight is 288 g/mol. The minimum atomic E-state index is 0.316. The monoisotopic (exact) mass is 288 g/mol. The second-order valence-electron chi connectivity index (χ2n) is 6.44. The van der Waals surface area contributed by atoms with Gasteiger partial charge in [0.1, 0.15) is 0 Å². The summed E-state index contributed by atoms with van der Waals surface area (Å²) in [5.74, 6) is 0.316. The van der Waals surface area contributed by atoms with Crippen molar-refractivity contribution in [3.05, 3.63) is 35.4 Å². The van der Waals surface area contributed by atoms with Crippen molar-refractivity contribution in [1.29, 1.82) is 0 Å². The summed E-state index contributed by atoms with van der Waals surface area (Å²) in [4.78, 5) is 13.6. The standard InChI is InChI=1S/C18H28N2O/c1-14-6-4-7-17(12-14)10-9-15(2)19-16(3)13-20-11-5-8-18(20)21/h4,6-7,12,15-16,19H,5,8-11,13H2,1-3H3. The Morgan fingerprint density at radius 1 is 1.29 bits per heavy atom. The number of rotatable bonds is 7. The fourth-order valence-electron chi connectivity index (χ4n) is 3.10. The highest BCUT2D eigenvalue weighted by molar-refractivity contribution is 5.78. The molecule has 1 aromatic rings. The van der Waals surface area contributed by atoms with E-state index < -0.39 is 0 Å². The number of carbonyl (C=O) groups excluding carboxylic acids is 1. The molecule has 21 heavy (non-hydrogen) atoms. The lowest BCUT2D eigenvalue weighted by atomic mass is 10.0. The molecule has 1 heterocycles. The Labute approximate surface area is 128 Å². The summed E-state index contributed by atoms with van der Waals surface area (Å²) < 4.78 is 0. The van der Waals surface area contributed by atoms with Crippen molar-refractivity contribution >= 4 is 5.91 Å². The van der Waals surface area contributed by atoms with Crippen molar-refractivity contribution in [1.82, 2.24) is 10.2 Å². The van der Waals surface area contributed by atoms with Crippen LogP contribution in [0.4, 0.5) is 0 Å². The highest BCUT2D eigenvalue weighted by atomic mass is 16.2. The van der Waals surface area contributed by atoms with Crippen molar-refractivity contribution < 1.29 is 4.79 Å². The average Bonchev–Trinajstić information content (AvgIpc) is 2.82. The Balaban J connectivity index is 1.71. The fourth-order valence-corrected chi connectivity index (χ4v) is 3.10. The van der Waals surface area contributed by atoms with E-state index in [1.165, 1.54) is 11.1 Å². The predicted molar refractivity (Wildman–Crippen MR) is 87.4 cm³/mol. The van der Waals surface area contributed by atoms with Gasteiger partial charge >= 0.3 is 0 Å². The molecule has 0 saturated carbocycles. The van der Waals surface area contributed by atoms with Gasteiger partial charge in [0.05, 0.1) is 0 Å². The first kappa shape index (κ1) is 16.0. The summed E-state index contributed by atoms with van der Waals surface area (Å²) in [6.45, 7) is 8.32. The van der Waals surface area contributed by atoms with Crippen LogP contribution in [-0.4, -0.2) is 36.0 Å². The summed E-state index contributed by atoms with van der Waals surface area (Å²) in [7, 11) is 0. The zero-order chi connectivity index (χ0) is 15.2. The van der Waals surface area contributed by atoms with E-state index in [-0.39, 0.29) is 0 Å². The van der Waals surface area contributed by atoms with E-state index in [9.17, 15) is 4.79 Å². The van der Waals surface area contributed by atoms with Gasteiger partial charge in [0.15, 0.2) is 0 Å². The van der Waals surface area contributed by atoms with E-state index in [2.05, 4.69) is 50.4 Å². The molecule has 2 unspecified atom stereocenters. The topological polar surface area (TPSA) is 32.3 Å². The predicted octanol–water partition coefficient (Wildman–Crippen LogP) is 2.92. The van der Waals surface area contributed by atoms with Crippen molar-refractivity contribution in [2.75, 3.05) is 13.1 Å². The smallest absolute Gasteiger partial charge is 0.222 e. The number of likely N-dealkylation sites (tertiary alicyclic amines) is 1. The third-order valence-corrected chi connectivity index (χ3v) is 4.18.